The zero-order valence-electron chi connectivity index (χ0n) is 16.3. The zero-order chi connectivity index (χ0) is 21.6. The smallest absolute Gasteiger partial charge is 0.338 e. The highest BCUT2D eigenvalue weighted by molar-refractivity contribution is 9.10. The lowest BCUT2D eigenvalue weighted by Gasteiger charge is -2.19. The van der Waals surface area contributed by atoms with E-state index in [0.29, 0.717) is 18.8 Å². The van der Waals surface area contributed by atoms with E-state index in [9.17, 15) is 18.0 Å². The Morgan fingerprint density at radius 2 is 1.67 bits per heavy atom. The van der Waals surface area contributed by atoms with Crippen LogP contribution in [0.1, 0.15) is 36.0 Å². The van der Waals surface area contributed by atoms with Gasteiger partial charge in [-0.15, -0.1) is 0 Å². The number of hydrogen-bond acceptors (Lipinski definition) is 5. The molecule has 1 fully saturated rings. The first-order valence-corrected chi connectivity index (χ1v) is 11.9. The highest BCUT2D eigenvalue weighted by Crippen LogP contribution is 2.21. The third kappa shape index (κ3) is 5.90. The summed E-state index contributed by atoms with van der Waals surface area (Å²) in [4.78, 5) is 24.3. The van der Waals surface area contributed by atoms with Gasteiger partial charge in [0.15, 0.2) is 6.61 Å². The van der Waals surface area contributed by atoms with Crippen molar-refractivity contribution in [2.45, 2.75) is 30.6 Å². The number of halogens is 1. The van der Waals surface area contributed by atoms with Crippen LogP contribution in [0.2, 0.25) is 0 Å². The number of rotatable bonds is 6. The van der Waals surface area contributed by atoms with Crippen molar-refractivity contribution in [3.8, 4) is 0 Å². The van der Waals surface area contributed by atoms with E-state index < -0.39 is 28.5 Å². The van der Waals surface area contributed by atoms with Crippen LogP contribution in [0, 0.1) is 0 Å². The van der Waals surface area contributed by atoms with Crippen LogP contribution in [-0.4, -0.2) is 44.3 Å². The summed E-state index contributed by atoms with van der Waals surface area (Å²) in [5, 5.41) is 2.63. The minimum Gasteiger partial charge on any atom is -0.452 e. The standard InChI is InChI=1S/C21H23BrN2O5S/c22-17-6-5-7-18(14-17)23-20(25)15-29-21(26)16-8-10-19(11-9-16)30(27,28)24-12-3-1-2-4-13-24/h5-11,14H,1-4,12-13,15H2,(H,23,25). The third-order valence-corrected chi connectivity index (χ3v) is 7.14. The van der Waals surface area contributed by atoms with Crippen LogP contribution < -0.4 is 5.32 Å². The third-order valence-electron chi connectivity index (χ3n) is 4.74. The Hall–Kier alpha value is -2.23. The van der Waals surface area contributed by atoms with Crippen LogP contribution in [0.4, 0.5) is 5.69 Å². The molecule has 2 aromatic carbocycles. The van der Waals surface area contributed by atoms with Crippen molar-refractivity contribution in [1.29, 1.82) is 0 Å². The maximum Gasteiger partial charge on any atom is 0.338 e. The SMILES string of the molecule is O=C(COC(=O)c1ccc(S(=O)(=O)N2CCCCCC2)cc1)Nc1cccc(Br)c1. The lowest BCUT2D eigenvalue weighted by atomic mass is 10.2. The van der Waals surface area contributed by atoms with Gasteiger partial charge >= 0.3 is 5.97 Å². The van der Waals surface area contributed by atoms with Crippen LogP contribution in [0.3, 0.4) is 0 Å². The molecule has 1 heterocycles. The fourth-order valence-corrected chi connectivity index (χ4v) is 5.09. The van der Waals surface area contributed by atoms with E-state index in [-0.39, 0.29) is 10.5 Å². The summed E-state index contributed by atoms with van der Waals surface area (Å²) in [6.07, 6.45) is 3.77. The lowest BCUT2D eigenvalue weighted by molar-refractivity contribution is -0.119. The summed E-state index contributed by atoms with van der Waals surface area (Å²) in [5.41, 5.74) is 0.758. The van der Waals surface area contributed by atoms with E-state index in [1.54, 1.807) is 18.2 Å². The fourth-order valence-electron chi connectivity index (χ4n) is 3.17. The molecule has 0 aliphatic carbocycles. The first-order chi connectivity index (χ1) is 14.4. The molecule has 1 N–H and O–H groups in total. The normalized spacial score (nSPS) is 15.2. The molecule has 0 saturated carbocycles. The van der Waals surface area contributed by atoms with Gasteiger partial charge in [0.05, 0.1) is 10.5 Å². The molecule has 160 valence electrons. The van der Waals surface area contributed by atoms with Crippen LogP contribution in [-0.2, 0) is 19.6 Å². The highest BCUT2D eigenvalue weighted by Gasteiger charge is 2.25. The fraction of sp³-hybridized carbons (Fsp3) is 0.333. The Morgan fingerprint density at radius 1 is 1.00 bits per heavy atom. The average Bonchev–Trinajstić information content (AvgIpc) is 3.02. The average molecular weight is 495 g/mol. The molecule has 0 bridgehead atoms. The minimum atomic E-state index is -3.58. The van der Waals surface area contributed by atoms with Gasteiger partial charge in [-0.2, -0.15) is 4.31 Å². The van der Waals surface area contributed by atoms with Crippen LogP contribution in [0.25, 0.3) is 0 Å². The minimum absolute atomic E-state index is 0.147. The first-order valence-electron chi connectivity index (χ1n) is 9.69. The molecule has 0 unspecified atom stereocenters. The number of nitrogens with one attached hydrogen (secondary N) is 1. The van der Waals surface area contributed by atoms with Gasteiger partial charge in [0.25, 0.3) is 5.91 Å². The van der Waals surface area contributed by atoms with Crippen LogP contribution in [0.5, 0.6) is 0 Å². The molecule has 1 saturated heterocycles. The summed E-state index contributed by atoms with van der Waals surface area (Å²) in [6, 6.07) is 12.6. The molecular formula is C21H23BrN2O5S. The number of anilines is 1. The Kier molecular flexibility index (Phi) is 7.63. The van der Waals surface area contributed by atoms with Crippen molar-refractivity contribution >= 4 is 43.5 Å². The number of hydrogen-bond donors (Lipinski definition) is 1. The topological polar surface area (TPSA) is 92.8 Å². The van der Waals surface area contributed by atoms with Crippen molar-refractivity contribution < 1.29 is 22.7 Å². The van der Waals surface area contributed by atoms with Gasteiger partial charge in [-0.3, -0.25) is 4.79 Å². The summed E-state index contributed by atoms with van der Waals surface area (Å²) < 4.78 is 32.9. The number of nitrogens with zero attached hydrogens (tertiary/aromatic N) is 1. The molecule has 1 aliphatic rings. The summed E-state index contributed by atoms with van der Waals surface area (Å²) in [5.74, 6) is -1.17. The van der Waals surface area contributed by atoms with Crippen molar-refractivity contribution in [2.24, 2.45) is 0 Å². The molecule has 7 nitrogen and oxygen atoms in total. The Labute approximate surface area is 184 Å². The molecule has 3 rings (SSSR count). The Bertz CT molecular complexity index is 1000. The molecule has 9 heteroatoms. The second kappa shape index (κ2) is 10.2. The number of carbonyl (C=O) groups is 2. The molecule has 30 heavy (non-hydrogen) atoms. The Balaban J connectivity index is 1.57. The van der Waals surface area contributed by atoms with Crippen molar-refractivity contribution in [3.63, 3.8) is 0 Å². The monoisotopic (exact) mass is 494 g/mol. The van der Waals surface area contributed by atoms with E-state index in [1.165, 1.54) is 28.6 Å². The maximum absolute atomic E-state index is 12.8. The Morgan fingerprint density at radius 3 is 2.30 bits per heavy atom. The largest absolute Gasteiger partial charge is 0.452 e. The molecule has 0 aromatic heterocycles. The van der Waals surface area contributed by atoms with Gasteiger partial charge in [0, 0.05) is 23.2 Å². The van der Waals surface area contributed by atoms with Crippen molar-refractivity contribution in [1.82, 2.24) is 4.31 Å². The maximum atomic E-state index is 12.8. The number of sulfonamides is 1. The number of benzene rings is 2. The van der Waals surface area contributed by atoms with Gasteiger partial charge in [0.1, 0.15) is 0 Å². The molecule has 0 spiro atoms. The van der Waals surface area contributed by atoms with Gasteiger partial charge in [-0.25, -0.2) is 13.2 Å². The predicted octanol–water partition coefficient (Wildman–Crippen LogP) is 3.81. The molecule has 1 aliphatic heterocycles. The van der Waals surface area contributed by atoms with E-state index in [4.69, 9.17) is 4.74 Å². The van der Waals surface area contributed by atoms with Gasteiger partial charge in [-0.05, 0) is 55.3 Å². The summed E-state index contributed by atoms with van der Waals surface area (Å²) >= 11 is 3.31. The van der Waals surface area contributed by atoms with E-state index in [1.807, 2.05) is 6.07 Å². The van der Waals surface area contributed by atoms with E-state index in [0.717, 1.165) is 30.2 Å². The predicted molar refractivity (Wildman–Crippen MR) is 117 cm³/mol. The summed E-state index contributed by atoms with van der Waals surface area (Å²) in [6.45, 7) is 0.581. The number of amides is 1. The van der Waals surface area contributed by atoms with E-state index in [2.05, 4.69) is 21.2 Å². The van der Waals surface area contributed by atoms with Crippen molar-refractivity contribution in [2.75, 3.05) is 25.0 Å². The van der Waals surface area contributed by atoms with Crippen molar-refractivity contribution in [3.05, 3.63) is 58.6 Å². The van der Waals surface area contributed by atoms with E-state index >= 15 is 0 Å². The second-order valence-electron chi connectivity index (χ2n) is 6.98. The zero-order valence-corrected chi connectivity index (χ0v) is 18.7. The molecular weight excluding hydrogens is 472 g/mol. The highest BCUT2D eigenvalue weighted by atomic mass is 79.9. The van der Waals surface area contributed by atoms with Gasteiger partial charge < -0.3 is 10.1 Å². The molecule has 0 atom stereocenters. The number of carbonyl (C=O) groups excluding carboxylic acids is 2. The number of esters is 1. The molecule has 0 radical (unpaired) electrons. The van der Waals surface area contributed by atoms with Gasteiger partial charge in [0.2, 0.25) is 10.0 Å². The summed E-state index contributed by atoms with van der Waals surface area (Å²) in [7, 11) is -3.58. The molecule has 1 amide bonds. The van der Waals surface area contributed by atoms with Crippen LogP contribution >= 0.6 is 15.9 Å². The quantitative estimate of drug-likeness (QED) is 0.616. The second-order valence-corrected chi connectivity index (χ2v) is 9.83. The van der Waals surface area contributed by atoms with Crippen LogP contribution in [0.15, 0.2) is 57.9 Å². The number of ether oxygens (including phenoxy) is 1. The first kappa shape index (κ1) is 22.5. The molecule has 2 aromatic rings. The van der Waals surface area contributed by atoms with Gasteiger partial charge in [-0.1, -0.05) is 34.8 Å². The lowest BCUT2D eigenvalue weighted by Crippen LogP contribution is -2.31.